The van der Waals surface area contributed by atoms with E-state index in [0.29, 0.717) is 5.69 Å². The standard InChI is InChI=1S/C14H22FN3O/c1-3-5-8-18(4-2)10-14(19)17-13-9-11(16)6-7-12(13)15/h6-7,9H,3-5,8,10,16H2,1-2H3,(H,17,19). The molecule has 1 amide bonds. The van der Waals surface area contributed by atoms with Gasteiger partial charge in [-0.2, -0.15) is 0 Å². The van der Waals surface area contributed by atoms with Gasteiger partial charge < -0.3 is 11.1 Å². The van der Waals surface area contributed by atoms with E-state index < -0.39 is 5.82 Å². The van der Waals surface area contributed by atoms with Gasteiger partial charge in [0.05, 0.1) is 12.2 Å². The summed E-state index contributed by atoms with van der Waals surface area (Å²) in [5.41, 5.74) is 6.13. The minimum atomic E-state index is -0.473. The zero-order chi connectivity index (χ0) is 14.3. The average molecular weight is 267 g/mol. The number of nitrogens with one attached hydrogen (secondary N) is 1. The Morgan fingerprint density at radius 1 is 1.42 bits per heavy atom. The van der Waals surface area contributed by atoms with E-state index in [1.165, 1.54) is 18.2 Å². The molecule has 0 atom stereocenters. The number of benzene rings is 1. The van der Waals surface area contributed by atoms with Crippen molar-refractivity contribution in [3.8, 4) is 0 Å². The van der Waals surface area contributed by atoms with E-state index in [2.05, 4.69) is 12.2 Å². The summed E-state index contributed by atoms with van der Waals surface area (Å²) in [7, 11) is 0. The zero-order valence-electron chi connectivity index (χ0n) is 11.6. The Balaban J connectivity index is 2.56. The van der Waals surface area contributed by atoms with Gasteiger partial charge in [-0.05, 0) is 37.7 Å². The van der Waals surface area contributed by atoms with E-state index in [1.54, 1.807) is 0 Å². The fraction of sp³-hybridized carbons (Fsp3) is 0.500. The van der Waals surface area contributed by atoms with E-state index >= 15 is 0 Å². The number of likely N-dealkylation sites (N-methyl/N-ethyl adjacent to an activating group) is 1. The van der Waals surface area contributed by atoms with Crippen molar-refractivity contribution in [2.24, 2.45) is 0 Å². The van der Waals surface area contributed by atoms with Crippen LogP contribution in [0.25, 0.3) is 0 Å². The van der Waals surface area contributed by atoms with Gasteiger partial charge in [0, 0.05) is 5.69 Å². The number of hydrogen-bond acceptors (Lipinski definition) is 3. The molecule has 0 heterocycles. The van der Waals surface area contributed by atoms with Crippen molar-refractivity contribution >= 4 is 17.3 Å². The summed E-state index contributed by atoms with van der Waals surface area (Å²) >= 11 is 0. The molecule has 0 fully saturated rings. The van der Waals surface area contributed by atoms with Gasteiger partial charge in [-0.3, -0.25) is 9.69 Å². The van der Waals surface area contributed by atoms with Crippen LogP contribution in [0.3, 0.4) is 0 Å². The summed E-state index contributed by atoms with van der Waals surface area (Å²) in [6.45, 7) is 6.05. The first kappa shape index (κ1) is 15.4. The van der Waals surface area contributed by atoms with Crippen molar-refractivity contribution in [3.63, 3.8) is 0 Å². The third kappa shape index (κ3) is 5.26. The van der Waals surface area contributed by atoms with E-state index in [1.807, 2.05) is 11.8 Å². The van der Waals surface area contributed by atoms with Gasteiger partial charge in [0.25, 0.3) is 0 Å². The summed E-state index contributed by atoms with van der Waals surface area (Å²) in [6.07, 6.45) is 2.13. The van der Waals surface area contributed by atoms with E-state index in [-0.39, 0.29) is 18.1 Å². The predicted octanol–water partition coefficient (Wildman–Crippen LogP) is 2.47. The van der Waals surface area contributed by atoms with Crippen LogP contribution in [0.5, 0.6) is 0 Å². The Bertz CT molecular complexity index is 423. The monoisotopic (exact) mass is 267 g/mol. The normalized spacial score (nSPS) is 10.7. The average Bonchev–Trinajstić information content (AvgIpc) is 2.38. The second-order valence-corrected chi connectivity index (χ2v) is 4.51. The molecule has 4 nitrogen and oxygen atoms in total. The fourth-order valence-corrected chi connectivity index (χ4v) is 1.76. The number of nitrogen functional groups attached to an aromatic ring is 1. The lowest BCUT2D eigenvalue weighted by Crippen LogP contribution is -2.34. The SMILES string of the molecule is CCCCN(CC)CC(=O)Nc1cc(N)ccc1F. The molecule has 0 aliphatic carbocycles. The lowest BCUT2D eigenvalue weighted by molar-refractivity contribution is -0.117. The maximum atomic E-state index is 13.5. The quantitative estimate of drug-likeness (QED) is 0.746. The third-order valence-corrected chi connectivity index (χ3v) is 2.91. The third-order valence-electron chi connectivity index (χ3n) is 2.91. The van der Waals surface area contributed by atoms with Gasteiger partial charge in [-0.1, -0.05) is 20.3 Å². The number of amides is 1. The molecule has 0 radical (unpaired) electrons. The second kappa shape index (κ2) is 7.74. The first-order valence-electron chi connectivity index (χ1n) is 6.64. The maximum Gasteiger partial charge on any atom is 0.238 e. The number of rotatable bonds is 7. The van der Waals surface area contributed by atoms with Crippen LogP contribution in [0.4, 0.5) is 15.8 Å². The van der Waals surface area contributed by atoms with E-state index in [9.17, 15) is 9.18 Å². The van der Waals surface area contributed by atoms with Gasteiger partial charge >= 0.3 is 0 Å². The van der Waals surface area contributed by atoms with Crippen LogP contribution in [-0.2, 0) is 4.79 Å². The van der Waals surface area contributed by atoms with Crippen molar-refractivity contribution in [2.75, 3.05) is 30.7 Å². The zero-order valence-corrected chi connectivity index (χ0v) is 11.6. The minimum absolute atomic E-state index is 0.136. The number of carbonyl (C=O) groups excluding carboxylic acids is 1. The molecule has 0 aromatic heterocycles. The Hall–Kier alpha value is -1.62. The van der Waals surface area contributed by atoms with Gasteiger partial charge in [-0.25, -0.2) is 4.39 Å². The number of unbranched alkanes of at least 4 members (excludes halogenated alkanes) is 1. The van der Waals surface area contributed by atoms with Crippen LogP contribution in [0, 0.1) is 5.82 Å². The molecule has 0 aliphatic heterocycles. The van der Waals surface area contributed by atoms with Crippen molar-refractivity contribution in [3.05, 3.63) is 24.0 Å². The van der Waals surface area contributed by atoms with Crippen molar-refractivity contribution in [2.45, 2.75) is 26.7 Å². The summed E-state index contributed by atoms with van der Waals surface area (Å²) in [6, 6.07) is 4.14. The molecule has 0 unspecified atom stereocenters. The van der Waals surface area contributed by atoms with E-state index in [0.717, 1.165) is 25.9 Å². The van der Waals surface area contributed by atoms with Crippen molar-refractivity contribution in [1.82, 2.24) is 4.90 Å². The molecule has 0 bridgehead atoms. The van der Waals surface area contributed by atoms with Crippen molar-refractivity contribution < 1.29 is 9.18 Å². The molecule has 106 valence electrons. The molecule has 1 rings (SSSR count). The highest BCUT2D eigenvalue weighted by Gasteiger charge is 2.11. The topological polar surface area (TPSA) is 58.4 Å². The molecule has 3 N–H and O–H groups in total. The largest absolute Gasteiger partial charge is 0.399 e. The minimum Gasteiger partial charge on any atom is -0.399 e. The molecular formula is C14H22FN3O. The van der Waals surface area contributed by atoms with Gasteiger partial charge in [-0.15, -0.1) is 0 Å². The van der Waals surface area contributed by atoms with Gasteiger partial charge in [0.15, 0.2) is 0 Å². The molecule has 0 saturated heterocycles. The molecule has 19 heavy (non-hydrogen) atoms. The highest BCUT2D eigenvalue weighted by atomic mass is 19.1. The summed E-state index contributed by atoms with van der Waals surface area (Å²) in [4.78, 5) is 13.9. The van der Waals surface area contributed by atoms with Crippen LogP contribution in [-0.4, -0.2) is 30.4 Å². The molecule has 1 aromatic rings. The van der Waals surface area contributed by atoms with Crippen LogP contribution in [0.1, 0.15) is 26.7 Å². The van der Waals surface area contributed by atoms with Crippen LogP contribution in [0.2, 0.25) is 0 Å². The number of anilines is 2. The fourth-order valence-electron chi connectivity index (χ4n) is 1.76. The highest BCUT2D eigenvalue weighted by molar-refractivity contribution is 5.92. The number of hydrogen-bond donors (Lipinski definition) is 2. The van der Waals surface area contributed by atoms with E-state index in [4.69, 9.17) is 5.73 Å². The van der Waals surface area contributed by atoms with Crippen molar-refractivity contribution in [1.29, 1.82) is 0 Å². The summed E-state index contributed by atoms with van der Waals surface area (Å²) in [5.74, 6) is -0.693. The molecule has 5 heteroatoms. The summed E-state index contributed by atoms with van der Waals surface area (Å²) in [5, 5.41) is 2.56. The number of carbonyl (C=O) groups is 1. The van der Waals surface area contributed by atoms with Crippen LogP contribution < -0.4 is 11.1 Å². The lowest BCUT2D eigenvalue weighted by atomic mass is 10.2. The first-order chi connectivity index (χ1) is 9.06. The second-order valence-electron chi connectivity index (χ2n) is 4.51. The van der Waals surface area contributed by atoms with Gasteiger partial charge in [0.1, 0.15) is 5.82 Å². The molecule has 0 saturated carbocycles. The van der Waals surface area contributed by atoms with Gasteiger partial charge in [0.2, 0.25) is 5.91 Å². The Kier molecular flexibility index (Phi) is 6.29. The molecule has 1 aromatic carbocycles. The summed E-state index contributed by atoms with van der Waals surface area (Å²) < 4.78 is 13.5. The lowest BCUT2D eigenvalue weighted by Gasteiger charge is -2.19. The number of halogens is 1. The number of nitrogens with zero attached hydrogens (tertiary/aromatic N) is 1. The maximum absolute atomic E-state index is 13.5. The number of nitrogens with two attached hydrogens (primary N) is 1. The molecule has 0 spiro atoms. The van der Waals surface area contributed by atoms with Crippen LogP contribution in [0.15, 0.2) is 18.2 Å². The highest BCUT2D eigenvalue weighted by Crippen LogP contribution is 2.17. The Morgan fingerprint density at radius 3 is 2.79 bits per heavy atom. The Labute approximate surface area is 113 Å². The smallest absolute Gasteiger partial charge is 0.238 e. The Morgan fingerprint density at radius 2 is 2.16 bits per heavy atom. The molecule has 0 aliphatic rings. The molecular weight excluding hydrogens is 245 g/mol. The first-order valence-corrected chi connectivity index (χ1v) is 6.64. The predicted molar refractivity (Wildman–Crippen MR) is 76.5 cm³/mol. The van der Waals surface area contributed by atoms with Crippen LogP contribution >= 0.6 is 0 Å².